The number of aromatic nitrogens is 2. The lowest BCUT2D eigenvalue weighted by Crippen LogP contribution is -2.18. The highest BCUT2D eigenvalue weighted by Crippen LogP contribution is 2.33. The van der Waals surface area contributed by atoms with Crippen LogP contribution in [-0.4, -0.2) is 16.1 Å². The van der Waals surface area contributed by atoms with E-state index < -0.39 is 0 Å². The third-order valence-electron chi connectivity index (χ3n) is 3.76. The Bertz CT molecular complexity index is 348. The lowest BCUT2D eigenvalue weighted by atomic mass is 9.87. The predicted octanol–water partition coefficient (Wildman–Crippen LogP) is 3.76. The minimum Gasteiger partial charge on any atom is -0.356 e. The van der Waals surface area contributed by atoms with Gasteiger partial charge in [-0.05, 0) is 44.9 Å². The van der Waals surface area contributed by atoms with Gasteiger partial charge in [-0.2, -0.15) is 0 Å². The highest BCUT2D eigenvalue weighted by atomic mass is 15.2. The molecule has 0 saturated heterocycles. The average Bonchev–Trinajstić information content (AvgIpc) is 2.69. The van der Waals surface area contributed by atoms with Gasteiger partial charge in [0.1, 0.15) is 0 Å². The zero-order valence-corrected chi connectivity index (χ0v) is 11.4. The first kappa shape index (κ1) is 12.5. The topological polar surface area (TPSA) is 29.9 Å². The normalized spacial score (nSPS) is 24.9. The first-order chi connectivity index (χ1) is 8.20. The summed E-state index contributed by atoms with van der Waals surface area (Å²) in [5, 5.41) is 3.44. The molecule has 2 rings (SSSR count). The summed E-state index contributed by atoms with van der Waals surface area (Å²) in [6.07, 6.45) is 8.67. The standard InChI is InChI=1S/C14H25N3/c1-4-9-15-14-16-12(3)10-17(14)13-7-5-11(2)6-8-13/h10-11,13H,4-9H2,1-3H3,(H,15,16). The summed E-state index contributed by atoms with van der Waals surface area (Å²) < 4.78 is 2.37. The molecule has 1 saturated carbocycles. The number of anilines is 1. The van der Waals surface area contributed by atoms with Crippen molar-refractivity contribution in [2.75, 3.05) is 11.9 Å². The number of imidazole rings is 1. The van der Waals surface area contributed by atoms with Crippen molar-refractivity contribution in [2.45, 2.75) is 58.9 Å². The van der Waals surface area contributed by atoms with Crippen LogP contribution in [0.1, 0.15) is 57.7 Å². The van der Waals surface area contributed by atoms with Gasteiger partial charge in [-0.15, -0.1) is 0 Å². The fraction of sp³-hybridized carbons (Fsp3) is 0.786. The zero-order chi connectivity index (χ0) is 12.3. The van der Waals surface area contributed by atoms with E-state index in [2.05, 4.69) is 41.8 Å². The molecule has 0 aromatic carbocycles. The van der Waals surface area contributed by atoms with Crippen LogP contribution in [0.5, 0.6) is 0 Å². The third-order valence-corrected chi connectivity index (χ3v) is 3.76. The largest absolute Gasteiger partial charge is 0.356 e. The molecule has 0 amide bonds. The summed E-state index contributed by atoms with van der Waals surface area (Å²) in [5.74, 6) is 1.98. The number of nitrogens with one attached hydrogen (secondary N) is 1. The molecule has 1 aromatic heterocycles. The summed E-state index contributed by atoms with van der Waals surface area (Å²) in [6, 6.07) is 0.659. The van der Waals surface area contributed by atoms with E-state index in [0.29, 0.717) is 6.04 Å². The van der Waals surface area contributed by atoms with Gasteiger partial charge in [0.15, 0.2) is 0 Å². The molecule has 0 atom stereocenters. The molecule has 3 nitrogen and oxygen atoms in total. The Labute approximate surface area is 105 Å². The lowest BCUT2D eigenvalue weighted by Gasteiger charge is -2.28. The van der Waals surface area contributed by atoms with Gasteiger partial charge in [-0.3, -0.25) is 0 Å². The molecule has 0 bridgehead atoms. The molecule has 1 fully saturated rings. The van der Waals surface area contributed by atoms with Crippen molar-refractivity contribution in [1.29, 1.82) is 0 Å². The second-order valence-corrected chi connectivity index (χ2v) is 5.45. The smallest absolute Gasteiger partial charge is 0.203 e. The van der Waals surface area contributed by atoms with E-state index in [0.717, 1.165) is 30.5 Å². The Morgan fingerprint density at radius 1 is 1.35 bits per heavy atom. The van der Waals surface area contributed by atoms with Crippen LogP contribution in [-0.2, 0) is 0 Å². The first-order valence-corrected chi connectivity index (χ1v) is 7.00. The molecule has 96 valence electrons. The van der Waals surface area contributed by atoms with Gasteiger partial charge >= 0.3 is 0 Å². The van der Waals surface area contributed by atoms with Crippen LogP contribution in [0.2, 0.25) is 0 Å². The molecule has 0 unspecified atom stereocenters. The highest BCUT2D eigenvalue weighted by Gasteiger charge is 2.21. The van der Waals surface area contributed by atoms with Crippen LogP contribution in [0, 0.1) is 12.8 Å². The van der Waals surface area contributed by atoms with Crippen molar-refractivity contribution >= 4 is 5.95 Å². The minimum absolute atomic E-state index is 0.659. The number of aryl methyl sites for hydroxylation is 1. The molecule has 0 aliphatic heterocycles. The Balaban J connectivity index is 2.08. The quantitative estimate of drug-likeness (QED) is 0.861. The average molecular weight is 235 g/mol. The van der Waals surface area contributed by atoms with Crippen molar-refractivity contribution in [1.82, 2.24) is 9.55 Å². The molecule has 3 heteroatoms. The third kappa shape index (κ3) is 3.02. The van der Waals surface area contributed by atoms with Gasteiger partial charge < -0.3 is 9.88 Å². The lowest BCUT2D eigenvalue weighted by molar-refractivity contribution is 0.291. The van der Waals surface area contributed by atoms with E-state index in [1.807, 2.05) is 0 Å². The summed E-state index contributed by atoms with van der Waals surface area (Å²) in [4.78, 5) is 4.59. The minimum atomic E-state index is 0.659. The van der Waals surface area contributed by atoms with Gasteiger partial charge in [0.25, 0.3) is 0 Å². The van der Waals surface area contributed by atoms with Crippen LogP contribution in [0.15, 0.2) is 6.20 Å². The molecule has 0 radical (unpaired) electrons. The summed E-state index contributed by atoms with van der Waals surface area (Å²) in [5.41, 5.74) is 1.13. The maximum atomic E-state index is 4.59. The van der Waals surface area contributed by atoms with Gasteiger partial charge in [0.2, 0.25) is 5.95 Å². The van der Waals surface area contributed by atoms with Gasteiger partial charge in [-0.1, -0.05) is 13.8 Å². The van der Waals surface area contributed by atoms with Gasteiger partial charge in [-0.25, -0.2) is 4.98 Å². The molecule has 1 aliphatic rings. The SMILES string of the molecule is CCCNc1nc(C)cn1C1CCC(C)CC1. The summed E-state index contributed by atoms with van der Waals surface area (Å²) >= 11 is 0. The monoisotopic (exact) mass is 235 g/mol. The Morgan fingerprint density at radius 3 is 2.71 bits per heavy atom. The molecule has 1 aromatic rings. The Kier molecular flexibility index (Phi) is 4.08. The van der Waals surface area contributed by atoms with Crippen molar-refractivity contribution in [3.63, 3.8) is 0 Å². The molecule has 1 aliphatic carbocycles. The number of hydrogen-bond acceptors (Lipinski definition) is 2. The second-order valence-electron chi connectivity index (χ2n) is 5.45. The maximum absolute atomic E-state index is 4.59. The maximum Gasteiger partial charge on any atom is 0.203 e. The van der Waals surface area contributed by atoms with E-state index in [9.17, 15) is 0 Å². The van der Waals surface area contributed by atoms with E-state index in [-0.39, 0.29) is 0 Å². The van der Waals surface area contributed by atoms with Crippen molar-refractivity contribution < 1.29 is 0 Å². The number of rotatable bonds is 4. The fourth-order valence-electron chi connectivity index (χ4n) is 2.68. The summed E-state index contributed by atoms with van der Waals surface area (Å²) in [6.45, 7) is 7.65. The summed E-state index contributed by atoms with van der Waals surface area (Å²) in [7, 11) is 0. The van der Waals surface area contributed by atoms with Crippen LogP contribution in [0.3, 0.4) is 0 Å². The van der Waals surface area contributed by atoms with Crippen molar-refractivity contribution in [3.8, 4) is 0 Å². The van der Waals surface area contributed by atoms with Crippen LogP contribution >= 0.6 is 0 Å². The Morgan fingerprint density at radius 2 is 2.06 bits per heavy atom. The van der Waals surface area contributed by atoms with Crippen molar-refractivity contribution in [3.05, 3.63) is 11.9 Å². The predicted molar refractivity (Wildman–Crippen MR) is 72.4 cm³/mol. The van der Waals surface area contributed by atoms with E-state index >= 15 is 0 Å². The van der Waals surface area contributed by atoms with Crippen LogP contribution < -0.4 is 5.32 Å². The van der Waals surface area contributed by atoms with Crippen LogP contribution in [0.25, 0.3) is 0 Å². The van der Waals surface area contributed by atoms with Gasteiger partial charge in [0, 0.05) is 18.8 Å². The molecule has 0 spiro atoms. The van der Waals surface area contributed by atoms with E-state index in [1.165, 1.54) is 25.7 Å². The Hall–Kier alpha value is -0.990. The number of hydrogen-bond donors (Lipinski definition) is 1. The first-order valence-electron chi connectivity index (χ1n) is 7.00. The highest BCUT2D eigenvalue weighted by molar-refractivity contribution is 5.29. The molecular weight excluding hydrogens is 210 g/mol. The van der Waals surface area contributed by atoms with Crippen LogP contribution in [0.4, 0.5) is 5.95 Å². The van der Waals surface area contributed by atoms with E-state index in [1.54, 1.807) is 0 Å². The van der Waals surface area contributed by atoms with Crippen molar-refractivity contribution in [2.24, 2.45) is 5.92 Å². The van der Waals surface area contributed by atoms with Gasteiger partial charge in [0.05, 0.1) is 5.69 Å². The molecule has 1 N–H and O–H groups in total. The zero-order valence-electron chi connectivity index (χ0n) is 11.4. The molecule has 1 heterocycles. The second kappa shape index (κ2) is 5.56. The molecule has 17 heavy (non-hydrogen) atoms. The molecular formula is C14H25N3. The van der Waals surface area contributed by atoms with E-state index in [4.69, 9.17) is 0 Å². The fourth-order valence-corrected chi connectivity index (χ4v) is 2.68. The number of nitrogens with zero attached hydrogens (tertiary/aromatic N) is 2.